The first-order chi connectivity index (χ1) is 14.3. The molecule has 0 unspecified atom stereocenters. The molecule has 6 nitrogen and oxygen atoms in total. The zero-order valence-electron chi connectivity index (χ0n) is 17.3. The van der Waals surface area contributed by atoms with Crippen molar-refractivity contribution in [3.05, 3.63) is 53.6 Å². The summed E-state index contributed by atoms with van der Waals surface area (Å²) < 4.78 is 0. The molecular formula is C23H25N3O3S. The van der Waals surface area contributed by atoms with Gasteiger partial charge in [0, 0.05) is 15.5 Å². The highest BCUT2D eigenvalue weighted by Gasteiger charge is 2.56. The number of carbonyl (C=O) groups excluding carboxylic acids is 3. The van der Waals surface area contributed by atoms with E-state index in [0.29, 0.717) is 5.69 Å². The van der Waals surface area contributed by atoms with Gasteiger partial charge in [0.2, 0.25) is 5.91 Å². The van der Waals surface area contributed by atoms with Gasteiger partial charge in [0.05, 0.1) is 0 Å². The van der Waals surface area contributed by atoms with Crippen molar-refractivity contribution < 1.29 is 14.4 Å². The van der Waals surface area contributed by atoms with E-state index in [-0.39, 0.29) is 18.4 Å². The molecule has 30 heavy (non-hydrogen) atoms. The summed E-state index contributed by atoms with van der Waals surface area (Å²) in [5, 5.41) is 5.52. The number of urea groups is 1. The minimum absolute atomic E-state index is 0.171. The molecule has 2 aliphatic rings. The van der Waals surface area contributed by atoms with Crippen LogP contribution in [0.25, 0.3) is 0 Å². The van der Waals surface area contributed by atoms with Gasteiger partial charge in [-0.3, -0.25) is 14.5 Å². The maximum absolute atomic E-state index is 12.6. The average molecular weight is 424 g/mol. The Kier molecular flexibility index (Phi) is 5.32. The molecule has 156 valence electrons. The van der Waals surface area contributed by atoms with Crippen LogP contribution >= 0.6 is 11.8 Å². The first kappa shape index (κ1) is 20.5. The molecule has 1 aliphatic heterocycles. The van der Waals surface area contributed by atoms with E-state index < -0.39 is 17.5 Å². The van der Waals surface area contributed by atoms with Crippen molar-refractivity contribution in [2.75, 3.05) is 11.9 Å². The molecule has 1 heterocycles. The van der Waals surface area contributed by atoms with Crippen LogP contribution < -0.4 is 10.6 Å². The van der Waals surface area contributed by atoms with E-state index >= 15 is 0 Å². The number of nitrogens with one attached hydrogen (secondary N) is 2. The topological polar surface area (TPSA) is 78.5 Å². The van der Waals surface area contributed by atoms with Gasteiger partial charge in [0.15, 0.2) is 0 Å². The van der Waals surface area contributed by atoms with E-state index in [1.165, 1.54) is 16.0 Å². The number of anilines is 1. The van der Waals surface area contributed by atoms with Crippen LogP contribution in [0, 0.1) is 19.8 Å². The summed E-state index contributed by atoms with van der Waals surface area (Å²) in [6, 6.07) is 13.4. The Morgan fingerprint density at radius 3 is 2.50 bits per heavy atom. The van der Waals surface area contributed by atoms with Crippen molar-refractivity contribution in [1.82, 2.24) is 10.2 Å². The standard InChI is InChI=1S/C23H25N3O3S/c1-14-4-11-19(15(2)12-14)30-18-9-7-17(8-10-18)24-20(27)13-26-21(28)23(3,16-5-6-16)25-22(26)29/h4,7-12,16H,5-6,13H2,1-3H3,(H,24,27)(H,25,29)/t23-/m1/s1. The van der Waals surface area contributed by atoms with Crippen LogP contribution in [0.1, 0.15) is 30.9 Å². The van der Waals surface area contributed by atoms with Gasteiger partial charge in [0.25, 0.3) is 5.91 Å². The molecule has 2 aromatic rings. The van der Waals surface area contributed by atoms with Crippen LogP contribution in [0.3, 0.4) is 0 Å². The Balaban J connectivity index is 1.36. The molecule has 0 aromatic heterocycles. The Bertz CT molecular complexity index is 1020. The van der Waals surface area contributed by atoms with E-state index in [4.69, 9.17) is 0 Å². The largest absolute Gasteiger partial charge is 0.325 e. The molecule has 2 N–H and O–H groups in total. The molecule has 1 atom stereocenters. The van der Waals surface area contributed by atoms with Crippen LogP contribution in [-0.4, -0.2) is 34.8 Å². The van der Waals surface area contributed by atoms with Gasteiger partial charge < -0.3 is 10.6 Å². The second-order valence-electron chi connectivity index (χ2n) is 8.24. The molecule has 0 radical (unpaired) electrons. The molecule has 4 amide bonds. The molecule has 4 rings (SSSR count). The normalized spacial score (nSPS) is 21.0. The predicted molar refractivity (Wildman–Crippen MR) is 116 cm³/mol. The van der Waals surface area contributed by atoms with Crippen LogP contribution in [0.2, 0.25) is 0 Å². The van der Waals surface area contributed by atoms with Crippen molar-refractivity contribution in [1.29, 1.82) is 0 Å². The van der Waals surface area contributed by atoms with Crippen LogP contribution in [0.4, 0.5) is 10.5 Å². The van der Waals surface area contributed by atoms with Gasteiger partial charge in [-0.2, -0.15) is 0 Å². The van der Waals surface area contributed by atoms with Crippen LogP contribution in [0.5, 0.6) is 0 Å². The Morgan fingerprint density at radius 2 is 1.87 bits per heavy atom. The maximum Gasteiger partial charge on any atom is 0.325 e. The number of rotatable bonds is 6. The van der Waals surface area contributed by atoms with Gasteiger partial charge in [-0.15, -0.1) is 0 Å². The monoisotopic (exact) mass is 423 g/mol. The van der Waals surface area contributed by atoms with Gasteiger partial charge in [-0.1, -0.05) is 29.5 Å². The van der Waals surface area contributed by atoms with Crippen molar-refractivity contribution in [2.24, 2.45) is 5.92 Å². The summed E-state index contributed by atoms with van der Waals surface area (Å²) in [6.07, 6.45) is 1.85. The lowest BCUT2D eigenvalue weighted by atomic mass is 9.96. The lowest BCUT2D eigenvalue weighted by Crippen LogP contribution is -2.46. The van der Waals surface area contributed by atoms with E-state index in [1.807, 2.05) is 24.3 Å². The van der Waals surface area contributed by atoms with E-state index in [2.05, 4.69) is 42.7 Å². The number of benzene rings is 2. The summed E-state index contributed by atoms with van der Waals surface area (Å²) in [4.78, 5) is 40.5. The Morgan fingerprint density at radius 1 is 1.17 bits per heavy atom. The number of hydrogen-bond acceptors (Lipinski definition) is 4. The third-order valence-electron chi connectivity index (χ3n) is 5.69. The number of amides is 4. The zero-order valence-corrected chi connectivity index (χ0v) is 18.1. The number of carbonyl (C=O) groups is 3. The molecule has 2 aromatic carbocycles. The summed E-state index contributed by atoms with van der Waals surface area (Å²) in [5.41, 5.74) is 2.22. The van der Waals surface area contributed by atoms with Crippen LogP contribution in [-0.2, 0) is 9.59 Å². The molecule has 7 heteroatoms. The first-order valence-corrected chi connectivity index (χ1v) is 10.9. The average Bonchev–Trinajstić information content (AvgIpc) is 3.52. The van der Waals surface area contributed by atoms with E-state index in [1.54, 1.807) is 18.7 Å². The fourth-order valence-corrected chi connectivity index (χ4v) is 4.67. The molecular weight excluding hydrogens is 398 g/mol. The summed E-state index contributed by atoms with van der Waals surface area (Å²) >= 11 is 1.67. The quantitative estimate of drug-likeness (QED) is 0.686. The lowest BCUT2D eigenvalue weighted by molar-refractivity contribution is -0.134. The Labute approximate surface area is 180 Å². The smallest absolute Gasteiger partial charge is 0.325 e. The second kappa shape index (κ2) is 7.80. The fraction of sp³-hybridized carbons (Fsp3) is 0.348. The van der Waals surface area contributed by atoms with Gasteiger partial charge in [-0.25, -0.2) is 4.79 Å². The predicted octanol–water partition coefficient (Wildman–Crippen LogP) is 4.11. The third-order valence-corrected chi connectivity index (χ3v) is 6.88. The van der Waals surface area contributed by atoms with Crippen molar-refractivity contribution >= 4 is 35.3 Å². The Hall–Kier alpha value is -2.80. The minimum Gasteiger partial charge on any atom is -0.325 e. The number of imide groups is 1. The minimum atomic E-state index is -0.871. The van der Waals surface area contributed by atoms with Crippen molar-refractivity contribution in [3.63, 3.8) is 0 Å². The van der Waals surface area contributed by atoms with Crippen LogP contribution in [0.15, 0.2) is 52.3 Å². The number of hydrogen-bond donors (Lipinski definition) is 2. The highest BCUT2D eigenvalue weighted by Crippen LogP contribution is 2.42. The summed E-state index contributed by atoms with van der Waals surface area (Å²) in [7, 11) is 0. The van der Waals surface area contributed by atoms with E-state index in [0.717, 1.165) is 22.6 Å². The molecule has 2 fully saturated rings. The molecule has 1 saturated carbocycles. The zero-order chi connectivity index (χ0) is 21.5. The maximum atomic E-state index is 12.6. The van der Waals surface area contributed by atoms with E-state index in [9.17, 15) is 14.4 Å². The highest BCUT2D eigenvalue weighted by atomic mass is 32.2. The van der Waals surface area contributed by atoms with Crippen molar-refractivity contribution in [3.8, 4) is 0 Å². The number of aryl methyl sites for hydroxylation is 2. The SMILES string of the molecule is Cc1ccc(Sc2ccc(NC(=O)CN3C(=O)N[C@](C)(C4CC4)C3=O)cc2)c(C)c1. The van der Waals surface area contributed by atoms with Gasteiger partial charge in [0.1, 0.15) is 12.1 Å². The lowest BCUT2D eigenvalue weighted by Gasteiger charge is -2.20. The van der Waals surface area contributed by atoms with Gasteiger partial charge in [-0.05, 0) is 75.4 Å². The first-order valence-electron chi connectivity index (χ1n) is 10.1. The second-order valence-corrected chi connectivity index (χ2v) is 9.36. The molecule has 0 spiro atoms. The summed E-state index contributed by atoms with van der Waals surface area (Å²) in [6.45, 7) is 5.62. The molecule has 1 saturated heterocycles. The van der Waals surface area contributed by atoms with Gasteiger partial charge >= 0.3 is 6.03 Å². The van der Waals surface area contributed by atoms with Crippen molar-refractivity contribution in [2.45, 2.75) is 48.9 Å². The fourth-order valence-electron chi connectivity index (χ4n) is 3.79. The summed E-state index contributed by atoms with van der Waals surface area (Å²) in [5.74, 6) is -0.539. The third kappa shape index (κ3) is 4.07. The molecule has 1 aliphatic carbocycles. The highest BCUT2D eigenvalue weighted by molar-refractivity contribution is 7.99. The number of nitrogens with zero attached hydrogens (tertiary/aromatic N) is 1. The molecule has 0 bridgehead atoms.